The Morgan fingerprint density at radius 3 is 2.04 bits per heavy atom. The van der Waals surface area contributed by atoms with Crippen LogP contribution in [0.5, 0.6) is 0 Å². The molecule has 0 atom stereocenters. The number of alkyl halides is 6. The van der Waals surface area contributed by atoms with Gasteiger partial charge in [0, 0.05) is 18.0 Å². The van der Waals surface area contributed by atoms with Gasteiger partial charge in [0.25, 0.3) is 0 Å². The Kier molecular flexibility index (Phi) is 3.97. The van der Waals surface area contributed by atoms with Crippen molar-refractivity contribution in [2.45, 2.75) is 12.4 Å². The molecule has 0 unspecified atom stereocenters. The Labute approximate surface area is 123 Å². The number of nitrogens with zero attached hydrogens (tertiary/aromatic N) is 3. The fourth-order valence-corrected chi connectivity index (χ4v) is 1.60. The van der Waals surface area contributed by atoms with E-state index in [4.69, 9.17) is 5.11 Å². The number of halogens is 6. The summed E-state index contributed by atoms with van der Waals surface area (Å²) in [7, 11) is 0. The SMILES string of the molecule is O=C(O)c1cnc(C(F)(F)F)nc1-c1ccc(C(F)(F)F)nc1. The molecule has 122 valence electrons. The Balaban J connectivity index is 2.58. The molecule has 11 heteroatoms. The first-order chi connectivity index (χ1) is 10.5. The van der Waals surface area contributed by atoms with Crippen molar-refractivity contribution in [3.05, 3.63) is 41.6 Å². The lowest BCUT2D eigenvalue weighted by Crippen LogP contribution is -2.14. The van der Waals surface area contributed by atoms with Gasteiger partial charge in [-0.2, -0.15) is 26.3 Å². The summed E-state index contributed by atoms with van der Waals surface area (Å²) in [5, 5.41) is 8.94. The molecule has 0 saturated carbocycles. The molecule has 1 N–H and O–H groups in total. The Bertz CT molecular complexity index is 740. The van der Waals surface area contributed by atoms with Crippen molar-refractivity contribution in [1.29, 1.82) is 0 Å². The largest absolute Gasteiger partial charge is 0.478 e. The van der Waals surface area contributed by atoms with E-state index in [1.54, 1.807) is 0 Å². The van der Waals surface area contributed by atoms with Gasteiger partial charge >= 0.3 is 18.3 Å². The highest BCUT2D eigenvalue weighted by Gasteiger charge is 2.36. The Hall–Kier alpha value is -2.72. The second-order valence-electron chi connectivity index (χ2n) is 4.19. The van der Waals surface area contributed by atoms with Crippen LogP contribution in [0.25, 0.3) is 11.3 Å². The molecule has 23 heavy (non-hydrogen) atoms. The minimum Gasteiger partial charge on any atom is -0.478 e. The number of rotatable bonds is 2. The van der Waals surface area contributed by atoms with E-state index in [0.29, 0.717) is 18.5 Å². The molecule has 2 rings (SSSR count). The van der Waals surface area contributed by atoms with E-state index < -0.39 is 41.1 Å². The van der Waals surface area contributed by atoms with Gasteiger partial charge in [-0.25, -0.2) is 14.8 Å². The van der Waals surface area contributed by atoms with Gasteiger partial charge in [0.15, 0.2) is 0 Å². The highest BCUT2D eigenvalue weighted by molar-refractivity contribution is 5.94. The van der Waals surface area contributed by atoms with Crippen molar-refractivity contribution >= 4 is 5.97 Å². The number of pyridine rings is 1. The first-order valence-electron chi connectivity index (χ1n) is 5.71. The second-order valence-corrected chi connectivity index (χ2v) is 4.19. The van der Waals surface area contributed by atoms with Gasteiger partial charge in [-0.15, -0.1) is 0 Å². The summed E-state index contributed by atoms with van der Waals surface area (Å²) in [6, 6.07) is 1.29. The third-order valence-corrected chi connectivity index (χ3v) is 2.60. The van der Waals surface area contributed by atoms with E-state index in [1.165, 1.54) is 0 Å². The number of carboxylic acid groups (broad SMARTS) is 1. The van der Waals surface area contributed by atoms with Crippen molar-refractivity contribution in [2.24, 2.45) is 0 Å². The van der Waals surface area contributed by atoms with Crippen molar-refractivity contribution in [3.63, 3.8) is 0 Å². The number of hydrogen-bond acceptors (Lipinski definition) is 4. The highest BCUT2D eigenvalue weighted by atomic mass is 19.4. The normalized spacial score (nSPS) is 12.3. The molecular formula is C12H5F6N3O2. The van der Waals surface area contributed by atoms with Crippen LogP contribution in [0.1, 0.15) is 21.9 Å². The van der Waals surface area contributed by atoms with Crippen molar-refractivity contribution in [3.8, 4) is 11.3 Å². The Morgan fingerprint density at radius 1 is 0.957 bits per heavy atom. The Morgan fingerprint density at radius 2 is 1.61 bits per heavy atom. The highest BCUT2D eigenvalue weighted by Crippen LogP contribution is 2.31. The van der Waals surface area contributed by atoms with E-state index in [0.717, 1.165) is 6.07 Å². The van der Waals surface area contributed by atoms with Crippen LogP contribution >= 0.6 is 0 Å². The molecule has 5 nitrogen and oxygen atoms in total. The first kappa shape index (κ1) is 16.6. The third kappa shape index (κ3) is 3.55. The van der Waals surface area contributed by atoms with Gasteiger partial charge in [0.2, 0.25) is 5.82 Å². The van der Waals surface area contributed by atoms with Gasteiger partial charge in [0.05, 0.1) is 5.69 Å². The van der Waals surface area contributed by atoms with Crippen LogP contribution in [0.15, 0.2) is 24.5 Å². The van der Waals surface area contributed by atoms with Gasteiger partial charge in [0.1, 0.15) is 11.3 Å². The van der Waals surface area contributed by atoms with Crippen LogP contribution < -0.4 is 0 Å². The average molecular weight is 337 g/mol. The minimum atomic E-state index is -4.94. The molecule has 0 radical (unpaired) electrons. The fourth-order valence-electron chi connectivity index (χ4n) is 1.60. The van der Waals surface area contributed by atoms with E-state index in [2.05, 4.69) is 15.0 Å². The lowest BCUT2D eigenvalue weighted by Gasteiger charge is -2.10. The van der Waals surface area contributed by atoms with Crippen LogP contribution in [-0.4, -0.2) is 26.0 Å². The second kappa shape index (κ2) is 5.48. The fraction of sp³-hybridized carbons (Fsp3) is 0.167. The molecule has 2 aromatic heterocycles. The predicted molar refractivity (Wildman–Crippen MR) is 62.2 cm³/mol. The van der Waals surface area contributed by atoms with E-state index in [-0.39, 0.29) is 5.56 Å². The molecule has 0 aliphatic heterocycles. The summed E-state index contributed by atoms with van der Waals surface area (Å²) in [5.74, 6) is -3.24. The van der Waals surface area contributed by atoms with Crippen LogP contribution in [0.4, 0.5) is 26.3 Å². The summed E-state index contributed by atoms with van der Waals surface area (Å²) in [6.45, 7) is 0. The van der Waals surface area contributed by atoms with Crippen LogP contribution in [0.3, 0.4) is 0 Å². The topological polar surface area (TPSA) is 76.0 Å². The van der Waals surface area contributed by atoms with Crippen molar-refractivity contribution < 1.29 is 36.2 Å². The smallest absolute Gasteiger partial charge is 0.451 e. The lowest BCUT2D eigenvalue weighted by atomic mass is 10.1. The van der Waals surface area contributed by atoms with Crippen molar-refractivity contribution in [1.82, 2.24) is 15.0 Å². The van der Waals surface area contributed by atoms with Gasteiger partial charge in [-0.3, -0.25) is 4.98 Å². The maximum Gasteiger partial charge on any atom is 0.451 e. The van der Waals surface area contributed by atoms with Gasteiger partial charge in [-0.1, -0.05) is 0 Å². The van der Waals surface area contributed by atoms with Crippen LogP contribution in [0.2, 0.25) is 0 Å². The molecule has 0 aliphatic carbocycles. The standard InChI is InChI=1S/C12H5F6N3O2/c13-11(14,15)7-2-1-5(3-19-7)8-6(9(22)23)4-20-10(21-8)12(16,17)18/h1-4H,(H,22,23). The molecular weight excluding hydrogens is 332 g/mol. The molecule has 0 amide bonds. The first-order valence-corrected chi connectivity index (χ1v) is 5.71. The summed E-state index contributed by atoms with van der Waals surface area (Å²) < 4.78 is 75.1. The molecule has 0 aliphatic rings. The molecule has 0 saturated heterocycles. The molecule has 2 heterocycles. The minimum absolute atomic E-state index is 0.316. The maximum absolute atomic E-state index is 12.6. The number of carbonyl (C=O) groups is 1. The van der Waals surface area contributed by atoms with Gasteiger partial charge in [-0.05, 0) is 12.1 Å². The lowest BCUT2D eigenvalue weighted by molar-refractivity contribution is -0.145. The third-order valence-electron chi connectivity index (χ3n) is 2.60. The summed E-state index contributed by atoms with van der Waals surface area (Å²) in [4.78, 5) is 20.1. The monoisotopic (exact) mass is 337 g/mol. The maximum atomic E-state index is 12.6. The molecule has 0 fully saturated rings. The number of carboxylic acids is 1. The number of aromatic nitrogens is 3. The van der Waals surface area contributed by atoms with Crippen molar-refractivity contribution in [2.75, 3.05) is 0 Å². The molecule has 2 aromatic rings. The predicted octanol–water partition coefficient (Wildman–Crippen LogP) is 3.27. The van der Waals surface area contributed by atoms with E-state index in [1.807, 2.05) is 0 Å². The van der Waals surface area contributed by atoms with E-state index in [9.17, 15) is 31.1 Å². The number of aromatic carboxylic acids is 1. The zero-order chi connectivity index (χ0) is 17.4. The quantitative estimate of drug-likeness (QED) is 0.851. The zero-order valence-corrected chi connectivity index (χ0v) is 10.8. The summed E-state index contributed by atoms with van der Waals surface area (Å²) >= 11 is 0. The molecule has 0 spiro atoms. The zero-order valence-electron chi connectivity index (χ0n) is 10.8. The van der Waals surface area contributed by atoms with Crippen LogP contribution in [-0.2, 0) is 12.4 Å². The summed E-state index contributed by atoms with van der Waals surface area (Å²) in [5.41, 5.74) is -2.97. The van der Waals surface area contributed by atoms with Gasteiger partial charge < -0.3 is 5.11 Å². The average Bonchev–Trinajstić information content (AvgIpc) is 2.45. The summed E-state index contributed by atoms with van der Waals surface area (Å²) in [6.07, 6.45) is -8.65. The number of hydrogen-bond donors (Lipinski definition) is 1. The molecule has 0 aromatic carbocycles. The van der Waals surface area contributed by atoms with Crippen LogP contribution in [0, 0.1) is 0 Å². The van der Waals surface area contributed by atoms with E-state index >= 15 is 0 Å². The molecule has 0 bridgehead atoms.